The molecule has 0 heterocycles. The molecule has 1 atom stereocenters. The summed E-state index contributed by atoms with van der Waals surface area (Å²) in [5.41, 5.74) is 0.552. The van der Waals surface area contributed by atoms with E-state index in [1.165, 1.54) is 31.2 Å². The van der Waals surface area contributed by atoms with E-state index < -0.39 is 36.2 Å². The second-order valence-electron chi connectivity index (χ2n) is 5.48. The van der Waals surface area contributed by atoms with Crippen LogP contribution in [0.3, 0.4) is 0 Å². The fraction of sp³-hybridized carbons (Fsp3) is 0.158. The summed E-state index contributed by atoms with van der Waals surface area (Å²) in [7, 11) is 0. The number of nitrogens with zero attached hydrogens (tertiary/aromatic N) is 1. The van der Waals surface area contributed by atoms with Crippen molar-refractivity contribution in [3.63, 3.8) is 0 Å². The Balaban J connectivity index is 1.84. The van der Waals surface area contributed by atoms with Crippen molar-refractivity contribution in [1.29, 1.82) is 5.26 Å². The Hall–Kier alpha value is -3.73. The van der Waals surface area contributed by atoms with Crippen LogP contribution in [0, 0.1) is 17.1 Å². The molecule has 2 N–H and O–H groups in total. The maximum Gasteiger partial charge on any atom is 0.326 e. The average molecular weight is 369 g/mol. The van der Waals surface area contributed by atoms with Gasteiger partial charge >= 0.3 is 5.97 Å². The van der Waals surface area contributed by atoms with E-state index in [0.717, 1.165) is 6.07 Å². The number of rotatable bonds is 6. The smallest absolute Gasteiger partial charge is 0.326 e. The summed E-state index contributed by atoms with van der Waals surface area (Å²) in [4.78, 5) is 35.6. The first-order chi connectivity index (χ1) is 12.9. The highest BCUT2D eigenvalue weighted by Gasteiger charge is 2.19. The quantitative estimate of drug-likeness (QED) is 0.757. The zero-order valence-electron chi connectivity index (χ0n) is 14.4. The molecule has 0 fully saturated rings. The summed E-state index contributed by atoms with van der Waals surface area (Å²) in [6.07, 6.45) is -1.13. The number of carbonyl (C=O) groups is 3. The van der Waals surface area contributed by atoms with Crippen LogP contribution in [-0.2, 0) is 14.3 Å². The van der Waals surface area contributed by atoms with Gasteiger partial charge in [0.25, 0.3) is 11.8 Å². The van der Waals surface area contributed by atoms with Gasteiger partial charge in [0.05, 0.1) is 17.2 Å². The summed E-state index contributed by atoms with van der Waals surface area (Å²) in [5.74, 6) is -2.93. The average Bonchev–Trinajstić information content (AvgIpc) is 2.66. The Morgan fingerprint density at radius 1 is 1.19 bits per heavy atom. The van der Waals surface area contributed by atoms with E-state index in [-0.39, 0.29) is 5.56 Å². The molecule has 0 bridgehead atoms. The van der Waals surface area contributed by atoms with Crippen molar-refractivity contribution in [2.24, 2.45) is 0 Å². The molecule has 0 aliphatic rings. The summed E-state index contributed by atoms with van der Waals surface area (Å²) in [6, 6.07) is 13.5. The third-order valence-electron chi connectivity index (χ3n) is 3.45. The monoisotopic (exact) mass is 369 g/mol. The van der Waals surface area contributed by atoms with E-state index in [2.05, 4.69) is 10.6 Å². The number of nitriles is 1. The van der Waals surface area contributed by atoms with Crippen molar-refractivity contribution in [3.05, 3.63) is 65.5 Å². The molecular weight excluding hydrogens is 353 g/mol. The van der Waals surface area contributed by atoms with Gasteiger partial charge in [-0.05, 0) is 37.3 Å². The molecule has 0 aliphatic carbocycles. The number of ether oxygens (including phenoxy) is 1. The minimum Gasteiger partial charge on any atom is -0.451 e. The van der Waals surface area contributed by atoms with Crippen LogP contribution in [0.2, 0.25) is 0 Å². The van der Waals surface area contributed by atoms with E-state index in [9.17, 15) is 18.8 Å². The zero-order chi connectivity index (χ0) is 19.8. The Labute approximate surface area is 154 Å². The first kappa shape index (κ1) is 19.6. The number of hydrogen-bond donors (Lipinski definition) is 2. The van der Waals surface area contributed by atoms with Crippen molar-refractivity contribution in [3.8, 4) is 6.07 Å². The predicted octanol–water partition coefficient (Wildman–Crippen LogP) is 2.00. The molecule has 2 rings (SSSR count). The van der Waals surface area contributed by atoms with Gasteiger partial charge in [0.2, 0.25) is 0 Å². The van der Waals surface area contributed by atoms with E-state index in [1.807, 2.05) is 6.07 Å². The number of anilines is 1. The van der Waals surface area contributed by atoms with Crippen LogP contribution in [0.4, 0.5) is 10.1 Å². The van der Waals surface area contributed by atoms with Gasteiger partial charge in [-0.15, -0.1) is 0 Å². The molecule has 8 heteroatoms. The number of benzene rings is 2. The summed E-state index contributed by atoms with van der Waals surface area (Å²) in [5, 5.41) is 13.6. The lowest BCUT2D eigenvalue weighted by Gasteiger charge is -2.14. The van der Waals surface area contributed by atoms with Crippen LogP contribution in [0.1, 0.15) is 22.8 Å². The minimum absolute atomic E-state index is 0.200. The standard InChI is InChI=1S/C19H16FN3O4/c1-12(18(25)23-14-6-4-5-13(9-14)10-21)27-17(24)11-22-19(26)15-7-2-3-8-16(15)20/h2-9,12H,11H2,1H3,(H,22,26)(H,23,25). The van der Waals surface area contributed by atoms with Gasteiger partial charge in [0.15, 0.2) is 6.10 Å². The van der Waals surface area contributed by atoms with Crippen LogP contribution in [0.5, 0.6) is 0 Å². The number of hydrogen-bond acceptors (Lipinski definition) is 5. The van der Waals surface area contributed by atoms with Gasteiger partial charge in [0.1, 0.15) is 12.4 Å². The normalized spacial score (nSPS) is 11.0. The van der Waals surface area contributed by atoms with Gasteiger partial charge in [-0.3, -0.25) is 14.4 Å². The van der Waals surface area contributed by atoms with Crippen molar-refractivity contribution < 1.29 is 23.5 Å². The molecule has 7 nitrogen and oxygen atoms in total. The number of carbonyl (C=O) groups excluding carboxylic acids is 3. The molecule has 0 aromatic heterocycles. The third-order valence-corrected chi connectivity index (χ3v) is 3.45. The highest BCUT2D eigenvalue weighted by atomic mass is 19.1. The predicted molar refractivity (Wildman–Crippen MR) is 94.1 cm³/mol. The molecule has 1 unspecified atom stereocenters. The number of esters is 1. The first-order valence-corrected chi connectivity index (χ1v) is 7.94. The van der Waals surface area contributed by atoms with E-state index in [4.69, 9.17) is 10.00 Å². The molecule has 27 heavy (non-hydrogen) atoms. The largest absolute Gasteiger partial charge is 0.451 e. The highest BCUT2D eigenvalue weighted by molar-refractivity contribution is 5.97. The molecule has 138 valence electrons. The van der Waals surface area contributed by atoms with Crippen molar-refractivity contribution in [2.45, 2.75) is 13.0 Å². The van der Waals surface area contributed by atoms with Crippen molar-refractivity contribution in [1.82, 2.24) is 5.32 Å². The Morgan fingerprint density at radius 2 is 1.93 bits per heavy atom. The molecule has 0 saturated carbocycles. The fourth-order valence-corrected chi connectivity index (χ4v) is 2.10. The number of nitrogens with one attached hydrogen (secondary N) is 2. The van der Waals surface area contributed by atoms with Crippen LogP contribution >= 0.6 is 0 Å². The molecular formula is C19H16FN3O4. The SMILES string of the molecule is CC(OC(=O)CNC(=O)c1ccccc1F)C(=O)Nc1cccc(C#N)c1. The van der Waals surface area contributed by atoms with Gasteiger partial charge < -0.3 is 15.4 Å². The molecule has 0 radical (unpaired) electrons. The molecule has 0 saturated heterocycles. The molecule has 2 amide bonds. The second-order valence-corrected chi connectivity index (χ2v) is 5.48. The fourth-order valence-electron chi connectivity index (χ4n) is 2.10. The van der Waals surface area contributed by atoms with Gasteiger partial charge in [-0.1, -0.05) is 18.2 Å². The molecule has 2 aromatic carbocycles. The number of halogens is 1. The number of amides is 2. The molecule has 0 spiro atoms. The zero-order valence-corrected chi connectivity index (χ0v) is 14.4. The maximum atomic E-state index is 13.5. The van der Waals surface area contributed by atoms with Crippen molar-refractivity contribution >= 4 is 23.5 Å². The maximum absolute atomic E-state index is 13.5. The van der Waals surface area contributed by atoms with E-state index in [1.54, 1.807) is 18.2 Å². The van der Waals surface area contributed by atoms with Crippen molar-refractivity contribution in [2.75, 3.05) is 11.9 Å². The van der Waals surface area contributed by atoms with E-state index in [0.29, 0.717) is 11.3 Å². The third kappa shape index (κ3) is 5.64. The van der Waals surface area contributed by atoms with Gasteiger partial charge in [-0.25, -0.2) is 4.39 Å². The second kappa shape index (κ2) is 9.10. The lowest BCUT2D eigenvalue weighted by Crippen LogP contribution is -2.36. The Kier molecular flexibility index (Phi) is 6.61. The summed E-state index contributed by atoms with van der Waals surface area (Å²) in [6.45, 7) is 0.842. The van der Waals surface area contributed by atoms with Crippen LogP contribution in [0.25, 0.3) is 0 Å². The first-order valence-electron chi connectivity index (χ1n) is 7.94. The van der Waals surface area contributed by atoms with Crippen LogP contribution in [-0.4, -0.2) is 30.4 Å². The summed E-state index contributed by atoms with van der Waals surface area (Å²) >= 11 is 0. The lowest BCUT2D eigenvalue weighted by molar-refractivity contribution is -0.152. The minimum atomic E-state index is -1.13. The highest BCUT2D eigenvalue weighted by Crippen LogP contribution is 2.11. The Morgan fingerprint density at radius 3 is 2.63 bits per heavy atom. The summed E-state index contributed by atoms with van der Waals surface area (Å²) < 4.78 is 18.4. The van der Waals surface area contributed by atoms with Crippen LogP contribution in [0.15, 0.2) is 48.5 Å². The molecule has 2 aromatic rings. The lowest BCUT2D eigenvalue weighted by atomic mass is 10.2. The Bertz CT molecular complexity index is 908. The van der Waals surface area contributed by atoms with Gasteiger partial charge in [-0.2, -0.15) is 5.26 Å². The van der Waals surface area contributed by atoms with Crippen LogP contribution < -0.4 is 10.6 Å². The molecule has 0 aliphatic heterocycles. The van der Waals surface area contributed by atoms with Gasteiger partial charge in [0, 0.05) is 5.69 Å². The van der Waals surface area contributed by atoms with E-state index >= 15 is 0 Å². The topological polar surface area (TPSA) is 108 Å².